The van der Waals surface area contributed by atoms with Gasteiger partial charge in [0.25, 0.3) is 5.91 Å². The zero-order valence-corrected chi connectivity index (χ0v) is 21.0. The minimum atomic E-state index is -0.579. The number of hydrogen-bond acceptors (Lipinski definition) is 2. The second kappa shape index (κ2) is 16.1. The van der Waals surface area contributed by atoms with Crippen molar-refractivity contribution in [1.29, 1.82) is 5.41 Å². The zero-order chi connectivity index (χ0) is 22.4. The van der Waals surface area contributed by atoms with Crippen LogP contribution in [-0.4, -0.2) is 17.3 Å². The number of amidine groups is 1. The molecule has 0 atom stereocenters. The molecule has 1 aliphatic carbocycles. The summed E-state index contributed by atoms with van der Waals surface area (Å²) in [6.45, 7) is 2.28. The summed E-state index contributed by atoms with van der Waals surface area (Å²) < 4.78 is 0. The maximum absolute atomic E-state index is 12.3. The first-order chi connectivity index (χ1) is 15.1. The van der Waals surface area contributed by atoms with Gasteiger partial charge in [0.15, 0.2) is 0 Å². The molecule has 0 spiro atoms. The molecule has 0 saturated heterocycles. The highest BCUT2D eigenvalue weighted by Crippen LogP contribution is 2.35. The van der Waals surface area contributed by atoms with Crippen molar-refractivity contribution in [3.05, 3.63) is 35.4 Å². The van der Waals surface area contributed by atoms with E-state index in [2.05, 4.69) is 24.4 Å². The Morgan fingerprint density at radius 1 is 0.844 bits per heavy atom. The van der Waals surface area contributed by atoms with Crippen molar-refractivity contribution in [2.75, 3.05) is 0 Å². The van der Waals surface area contributed by atoms with Crippen LogP contribution >= 0.6 is 12.4 Å². The summed E-state index contributed by atoms with van der Waals surface area (Å²) in [5.74, 6) is -0.0639. The molecule has 0 aliphatic heterocycles. The molecule has 0 bridgehead atoms. The lowest BCUT2D eigenvalue weighted by atomic mass is 10.0. The fourth-order valence-electron chi connectivity index (χ4n) is 4.22. The molecule has 4 nitrogen and oxygen atoms in total. The van der Waals surface area contributed by atoms with Gasteiger partial charge in [-0.05, 0) is 43.4 Å². The quantitative estimate of drug-likeness (QED) is 0.121. The molecule has 1 saturated carbocycles. The molecule has 182 valence electrons. The fourth-order valence-corrected chi connectivity index (χ4v) is 4.22. The number of amides is 1. The van der Waals surface area contributed by atoms with E-state index >= 15 is 0 Å². The first kappa shape index (κ1) is 28.5. The van der Waals surface area contributed by atoms with Gasteiger partial charge in [-0.15, -0.1) is 12.4 Å². The van der Waals surface area contributed by atoms with E-state index in [9.17, 15) is 4.79 Å². The number of benzene rings is 1. The second-order valence-electron chi connectivity index (χ2n) is 9.49. The van der Waals surface area contributed by atoms with Crippen LogP contribution in [0.1, 0.15) is 126 Å². The number of carbonyl (C=O) groups excluding carboxylic acids is 1. The summed E-state index contributed by atoms with van der Waals surface area (Å²) in [4.78, 5) is 12.3. The maximum atomic E-state index is 12.3. The van der Waals surface area contributed by atoms with Crippen LogP contribution in [0.2, 0.25) is 0 Å². The van der Waals surface area contributed by atoms with Crippen molar-refractivity contribution < 1.29 is 4.79 Å². The Labute approximate surface area is 202 Å². The van der Waals surface area contributed by atoms with Gasteiger partial charge in [-0.3, -0.25) is 10.2 Å². The number of unbranched alkanes of at least 4 members (excludes halogenated alkanes) is 13. The van der Waals surface area contributed by atoms with Gasteiger partial charge in [-0.25, -0.2) is 0 Å². The molecular weight excluding hydrogens is 418 g/mol. The van der Waals surface area contributed by atoms with E-state index in [-0.39, 0.29) is 24.1 Å². The van der Waals surface area contributed by atoms with Crippen LogP contribution in [0.5, 0.6) is 0 Å². The first-order valence-electron chi connectivity index (χ1n) is 12.8. The van der Waals surface area contributed by atoms with Crippen molar-refractivity contribution >= 4 is 24.1 Å². The summed E-state index contributed by atoms with van der Waals surface area (Å²) in [5.41, 5.74) is 6.96. The average Bonchev–Trinajstić information content (AvgIpc) is 3.55. The predicted octanol–water partition coefficient (Wildman–Crippen LogP) is 7.33. The highest BCUT2D eigenvalue weighted by molar-refractivity contribution is 6.01. The molecule has 4 N–H and O–H groups in total. The van der Waals surface area contributed by atoms with Gasteiger partial charge in [0.2, 0.25) is 0 Å². The van der Waals surface area contributed by atoms with Gasteiger partial charge in [0.05, 0.1) is 5.54 Å². The smallest absolute Gasteiger partial charge is 0.252 e. The Bertz CT molecular complexity index is 655. The molecular formula is C27H46ClN3O. The summed E-state index contributed by atoms with van der Waals surface area (Å²) in [7, 11) is 0. The summed E-state index contributed by atoms with van der Waals surface area (Å²) >= 11 is 0. The van der Waals surface area contributed by atoms with Gasteiger partial charge in [-0.1, -0.05) is 103 Å². The highest BCUT2D eigenvalue weighted by atomic mass is 35.5. The van der Waals surface area contributed by atoms with Gasteiger partial charge in [0.1, 0.15) is 5.84 Å². The number of aryl methyl sites for hydroxylation is 1. The molecule has 0 unspecified atom stereocenters. The van der Waals surface area contributed by atoms with Crippen LogP contribution in [0.4, 0.5) is 0 Å². The fraction of sp³-hybridized carbons (Fsp3) is 0.704. The van der Waals surface area contributed by atoms with Crippen molar-refractivity contribution in [2.24, 2.45) is 5.73 Å². The lowest BCUT2D eigenvalue weighted by Crippen LogP contribution is -2.46. The molecule has 1 aromatic rings. The third kappa shape index (κ3) is 10.8. The van der Waals surface area contributed by atoms with E-state index in [0.717, 1.165) is 19.3 Å². The van der Waals surface area contributed by atoms with Crippen molar-refractivity contribution in [1.82, 2.24) is 5.32 Å². The van der Waals surface area contributed by atoms with E-state index in [1.54, 1.807) is 0 Å². The monoisotopic (exact) mass is 463 g/mol. The summed E-state index contributed by atoms with van der Waals surface area (Å²) in [6.07, 6.45) is 22.0. The predicted molar refractivity (Wildman–Crippen MR) is 139 cm³/mol. The molecule has 1 fully saturated rings. The Balaban J connectivity index is 0.00000512. The van der Waals surface area contributed by atoms with Crippen LogP contribution < -0.4 is 11.1 Å². The highest BCUT2D eigenvalue weighted by Gasteiger charge is 2.47. The topological polar surface area (TPSA) is 79.0 Å². The molecule has 2 rings (SSSR count). The lowest BCUT2D eigenvalue weighted by molar-refractivity contribution is 0.0943. The van der Waals surface area contributed by atoms with Crippen molar-refractivity contribution in [3.63, 3.8) is 0 Å². The summed E-state index contributed by atoms with van der Waals surface area (Å²) in [6, 6.07) is 7.91. The lowest BCUT2D eigenvalue weighted by Gasteiger charge is -2.15. The molecule has 32 heavy (non-hydrogen) atoms. The Hall–Kier alpha value is -1.55. The minimum Gasteiger partial charge on any atom is -0.386 e. The van der Waals surface area contributed by atoms with Gasteiger partial charge in [-0.2, -0.15) is 0 Å². The molecule has 1 aromatic carbocycles. The van der Waals surface area contributed by atoms with Crippen LogP contribution in [-0.2, 0) is 6.42 Å². The van der Waals surface area contributed by atoms with Crippen LogP contribution in [0.15, 0.2) is 24.3 Å². The van der Waals surface area contributed by atoms with E-state index in [4.69, 9.17) is 11.1 Å². The number of nitrogens with two attached hydrogens (primary N) is 1. The van der Waals surface area contributed by atoms with Gasteiger partial charge < -0.3 is 11.1 Å². The van der Waals surface area contributed by atoms with E-state index in [1.165, 1.54) is 95.5 Å². The van der Waals surface area contributed by atoms with Crippen molar-refractivity contribution in [3.8, 4) is 0 Å². The standard InChI is InChI=1S/C27H45N3O.ClH/c1-2-3-4-5-6-7-8-9-10-11-12-13-14-15-16-23-17-19-24(20-18-23)25(31)30-27(21-22-27)26(28)29;/h17-20H,2-16,21-22H2,1H3,(H3,28,29)(H,30,31);1H. The molecule has 0 heterocycles. The summed E-state index contributed by atoms with van der Waals surface area (Å²) in [5, 5.41) is 10.5. The molecule has 1 aliphatic rings. The normalized spacial score (nSPS) is 13.9. The van der Waals surface area contributed by atoms with Crippen LogP contribution in [0.3, 0.4) is 0 Å². The number of nitrogens with one attached hydrogen (secondary N) is 2. The van der Waals surface area contributed by atoms with E-state index in [1.807, 2.05) is 12.1 Å². The van der Waals surface area contributed by atoms with Crippen molar-refractivity contribution in [2.45, 2.75) is 122 Å². The first-order valence-corrected chi connectivity index (χ1v) is 12.8. The molecule has 0 aromatic heterocycles. The Kier molecular flexibility index (Phi) is 14.4. The molecule has 1 amide bonds. The van der Waals surface area contributed by atoms with E-state index in [0.29, 0.717) is 5.56 Å². The van der Waals surface area contributed by atoms with Crippen LogP contribution in [0.25, 0.3) is 0 Å². The molecule has 0 radical (unpaired) electrons. The van der Waals surface area contributed by atoms with Crippen LogP contribution in [0, 0.1) is 5.41 Å². The van der Waals surface area contributed by atoms with E-state index < -0.39 is 5.54 Å². The Morgan fingerprint density at radius 3 is 1.69 bits per heavy atom. The zero-order valence-electron chi connectivity index (χ0n) is 20.2. The SMILES string of the molecule is CCCCCCCCCCCCCCCCc1ccc(C(=O)NC2(C(=N)N)CC2)cc1.Cl. The molecule has 5 heteroatoms. The largest absolute Gasteiger partial charge is 0.386 e. The maximum Gasteiger partial charge on any atom is 0.252 e. The average molecular weight is 464 g/mol. The minimum absolute atomic E-state index is 0. The third-order valence-corrected chi connectivity index (χ3v) is 6.65. The Morgan fingerprint density at radius 2 is 1.28 bits per heavy atom. The van der Waals surface area contributed by atoms with Gasteiger partial charge in [0, 0.05) is 5.56 Å². The van der Waals surface area contributed by atoms with Gasteiger partial charge >= 0.3 is 0 Å². The number of hydrogen-bond donors (Lipinski definition) is 3. The third-order valence-electron chi connectivity index (χ3n) is 6.65. The second-order valence-corrected chi connectivity index (χ2v) is 9.49. The number of carbonyl (C=O) groups is 1. The number of halogens is 1. The number of rotatable bonds is 18.